The average Bonchev–Trinajstić information content (AvgIpc) is 2.13. The van der Waals surface area contributed by atoms with E-state index in [1.54, 1.807) is 6.07 Å². The van der Waals surface area contributed by atoms with Crippen LogP contribution >= 0.6 is 11.6 Å². The van der Waals surface area contributed by atoms with Crippen LogP contribution in [0.3, 0.4) is 0 Å². The lowest BCUT2D eigenvalue weighted by Crippen LogP contribution is -2.03. The van der Waals surface area contributed by atoms with Crippen LogP contribution in [-0.2, 0) is 0 Å². The monoisotopic (exact) mass is 196 g/mol. The number of para-hydroxylation sites is 1. The highest BCUT2D eigenvalue weighted by Gasteiger charge is 2.00. The lowest BCUT2D eigenvalue weighted by molar-refractivity contribution is 1.07. The molecule has 0 spiro atoms. The zero-order chi connectivity index (χ0) is 9.68. The molecule has 0 aliphatic carbocycles. The van der Waals surface area contributed by atoms with E-state index in [9.17, 15) is 0 Å². The normalized spacial score (nSPS) is 9.62. The van der Waals surface area contributed by atoms with Gasteiger partial charge in [-0.3, -0.25) is 0 Å². The predicted molar refractivity (Wildman–Crippen MR) is 59.2 cm³/mol. The first-order chi connectivity index (χ1) is 6.25. The number of halogens is 1. The van der Waals surface area contributed by atoms with E-state index in [-0.39, 0.29) is 0 Å². The summed E-state index contributed by atoms with van der Waals surface area (Å²) in [6, 6.07) is 5.55. The van der Waals surface area contributed by atoms with E-state index in [0.29, 0.717) is 10.7 Å². The topological polar surface area (TPSA) is 38.0 Å². The van der Waals surface area contributed by atoms with Crippen molar-refractivity contribution in [2.75, 3.05) is 17.6 Å². The third-order valence-corrected chi connectivity index (χ3v) is 2.05. The summed E-state index contributed by atoms with van der Waals surface area (Å²) >= 11 is 5.84. The first kappa shape index (κ1) is 9.93. The lowest BCUT2D eigenvalue weighted by Gasteiger charge is -2.08. The van der Waals surface area contributed by atoms with Gasteiger partial charge in [0, 0.05) is 6.54 Å². The van der Waals surface area contributed by atoms with Crippen LogP contribution in [0.1, 0.15) is 6.42 Å². The van der Waals surface area contributed by atoms with Crippen molar-refractivity contribution in [2.24, 2.45) is 0 Å². The Morgan fingerprint density at radius 1 is 1.54 bits per heavy atom. The van der Waals surface area contributed by atoms with Gasteiger partial charge in [0.05, 0.1) is 16.4 Å². The highest BCUT2D eigenvalue weighted by atomic mass is 35.5. The number of hydrogen-bond acceptors (Lipinski definition) is 2. The van der Waals surface area contributed by atoms with Gasteiger partial charge in [-0.15, -0.1) is 6.58 Å². The van der Waals surface area contributed by atoms with Crippen molar-refractivity contribution in [1.82, 2.24) is 0 Å². The lowest BCUT2D eigenvalue weighted by atomic mass is 10.2. The van der Waals surface area contributed by atoms with Crippen molar-refractivity contribution in [3.63, 3.8) is 0 Å². The quantitative estimate of drug-likeness (QED) is 0.442. The molecule has 3 heteroatoms. The molecule has 0 fully saturated rings. The molecule has 0 heterocycles. The van der Waals surface area contributed by atoms with Crippen molar-refractivity contribution >= 4 is 23.0 Å². The van der Waals surface area contributed by atoms with Gasteiger partial charge in [-0.05, 0) is 18.6 Å². The van der Waals surface area contributed by atoms with E-state index in [2.05, 4.69) is 11.9 Å². The van der Waals surface area contributed by atoms with Crippen molar-refractivity contribution in [2.45, 2.75) is 6.42 Å². The molecule has 1 rings (SSSR count). The summed E-state index contributed by atoms with van der Waals surface area (Å²) in [7, 11) is 0. The van der Waals surface area contributed by atoms with Gasteiger partial charge in [-0.2, -0.15) is 0 Å². The summed E-state index contributed by atoms with van der Waals surface area (Å²) in [6.45, 7) is 4.46. The molecule has 0 saturated carbocycles. The van der Waals surface area contributed by atoms with Crippen LogP contribution in [-0.4, -0.2) is 6.54 Å². The Kier molecular flexibility index (Phi) is 3.65. The maximum Gasteiger partial charge on any atom is 0.0739 e. The van der Waals surface area contributed by atoms with Crippen LogP contribution in [0, 0.1) is 0 Å². The summed E-state index contributed by atoms with van der Waals surface area (Å²) in [4.78, 5) is 0. The molecule has 0 aliphatic rings. The van der Waals surface area contributed by atoms with Crippen LogP contribution in [0.25, 0.3) is 0 Å². The van der Waals surface area contributed by atoms with Gasteiger partial charge < -0.3 is 11.1 Å². The smallest absolute Gasteiger partial charge is 0.0739 e. The second-order valence-electron chi connectivity index (χ2n) is 2.71. The van der Waals surface area contributed by atoms with Crippen LogP contribution in [0.15, 0.2) is 30.9 Å². The summed E-state index contributed by atoms with van der Waals surface area (Å²) < 4.78 is 0. The summed E-state index contributed by atoms with van der Waals surface area (Å²) in [6.07, 6.45) is 2.76. The molecule has 1 aromatic carbocycles. The van der Waals surface area contributed by atoms with Gasteiger partial charge in [-0.25, -0.2) is 0 Å². The number of nitrogens with two attached hydrogens (primary N) is 1. The van der Waals surface area contributed by atoms with Crippen LogP contribution < -0.4 is 11.1 Å². The fraction of sp³-hybridized carbons (Fsp3) is 0.200. The second kappa shape index (κ2) is 4.77. The zero-order valence-electron chi connectivity index (χ0n) is 7.39. The molecule has 13 heavy (non-hydrogen) atoms. The van der Waals surface area contributed by atoms with E-state index in [1.807, 2.05) is 18.2 Å². The molecule has 0 radical (unpaired) electrons. The Morgan fingerprint density at radius 2 is 2.31 bits per heavy atom. The van der Waals surface area contributed by atoms with E-state index >= 15 is 0 Å². The molecule has 0 unspecified atom stereocenters. The van der Waals surface area contributed by atoms with Gasteiger partial charge in [0.2, 0.25) is 0 Å². The molecular formula is C10H13ClN2. The van der Waals surface area contributed by atoms with Crippen molar-refractivity contribution < 1.29 is 0 Å². The van der Waals surface area contributed by atoms with E-state index in [1.165, 1.54) is 0 Å². The van der Waals surface area contributed by atoms with Gasteiger partial charge in [0.15, 0.2) is 0 Å². The zero-order valence-corrected chi connectivity index (χ0v) is 8.14. The van der Waals surface area contributed by atoms with Gasteiger partial charge in [0.1, 0.15) is 0 Å². The fourth-order valence-corrected chi connectivity index (χ4v) is 1.17. The fourth-order valence-electron chi connectivity index (χ4n) is 1.00. The number of anilines is 2. The Bertz CT molecular complexity index is 297. The van der Waals surface area contributed by atoms with Crippen molar-refractivity contribution in [3.8, 4) is 0 Å². The Hall–Kier alpha value is -1.15. The maximum atomic E-state index is 5.84. The summed E-state index contributed by atoms with van der Waals surface area (Å²) in [5, 5.41) is 3.76. The third-order valence-electron chi connectivity index (χ3n) is 1.72. The molecule has 3 N–H and O–H groups in total. The van der Waals surface area contributed by atoms with Gasteiger partial charge >= 0.3 is 0 Å². The summed E-state index contributed by atoms with van der Waals surface area (Å²) in [5.41, 5.74) is 7.23. The maximum absolute atomic E-state index is 5.84. The number of hydrogen-bond donors (Lipinski definition) is 2. The molecule has 0 saturated heterocycles. The van der Waals surface area contributed by atoms with E-state index in [4.69, 9.17) is 17.3 Å². The van der Waals surface area contributed by atoms with Gasteiger partial charge in [-0.1, -0.05) is 23.7 Å². The Balaban J connectivity index is 2.65. The first-order valence-electron chi connectivity index (χ1n) is 4.14. The molecule has 0 aromatic heterocycles. The van der Waals surface area contributed by atoms with E-state index in [0.717, 1.165) is 18.7 Å². The minimum absolute atomic E-state index is 0.587. The highest BCUT2D eigenvalue weighted by molar-refractivity contribution is 6.33. The highest BCUT2D eigenvalue weighted by Crippen LogP contribution is 2.26. The average molecular weight is 197 g/mol. The van der Waals surface area contributed by atoms with Crippen LogP contribution in [0.4, 0.5) is 11.4 Å². The third kappa shape index (κ3) is 2.67. The Morgan fingerprint density at radius 3 is 3.00 bits per heavy atom. The minimum atomic E-state index is 0.587. The second-order valence-corrected chi connectivity index (χ2v) is 3.11. The molecule has 0 amide bonds. The molecule has 70 valence electrons. The largest absolute Gasteiger partial charge is 0.396 e. The molecule has 0 bridgehead atoms. The SMILES string of the molecule is C=CCCNc1cccc(Cl)c1N. The summed E-state index contributed by atoms with van der Waals surface area (Å²) in [5.74, 6) is 0. The molecule has 0 aliphatic heterocycles. The Labute approximate surface area is 83.4 Å². The van der Waals surface area contributed by atoms with Gasteiger partial charge in [0.25, 0.3) is 0 Å². The van der Waals surface area contributed by atoms with E-state index < -0.39 is 0 Å². The number of nitrogen functional groups attached to an aromatic ring is 1. The predicted octanol–water partition coefficient (Wildman–Crippen LogP) is 2.91. The molecular weight excluding hydrogens is 184 g/mol. The molecule has 1 aromatic rings. The van der Waals surface area contributed by atoms with Crippen molar-refractivity contribution in [1.29, 1.82) is 0 Å². The number of benzene rings is 1. The van der Waals surface area contributed by atoms with Crippen LogP contribution in [0.2, 0.25) is 5.02 Å². The number of rotatable bonds is 4. The molecule has 0 atom stereocenters. The minimum Gasteiger partial charge on any atom is -0.396 e. The number of nitrogens with one attached hydrogen (secondary N) is 1. The first-order valence-corrected chi connectivity index (χ1v) is 4.52. The van der Waals surface area contributed by atoms with Crippen molar-refractivity contribution in [3.05, 3.63) is 35.9 Å². The van der Waals surface area contributed by atoms with Crippen LogP contribution in [0.5, 0.6) is 0 Å². The standard InChI is InChI=1S/C10H13ClN2/c1-2-3-7-13-9-6-4-5-8(11)10(9)12/h2,4-6,13H,1,3,7,12H2. The molecule has 2 nitrogen and oxygen atoms in total.